The molecule has 3 aromatic rings. The molecule has 0 unspecified atom stereocenters. The average Bonchev–Trinajstić information content (AvgIpc) is 3.25. The van der Waals surface area contributed by atoms with Gasteiger partial charge in [0.15, 0.2) is 0 Å². The second-order valence-corrected chi connectivity index (χ2v) is 17.7. The van der Waals surface area contributed by atoms with Crippen LogP contribution in [0.4, 0.5) is 5.69 Å². The maximum Gasteiger partial charge on any atom is 0.308 e. The number of aryl methyl sites for hydroxylation is 2. The number of rotatable bonds is 23. The summed E-state index contributed by atoms with van der Waals surface area (Å²) in [5.74, 6) is -0.505. The standard InChI is InChI=1S/C49H72N6O9/c1-8-55(41-13-21-60-22-14-41)44-31-40(30-42(37(44)4)47(58)51-32-43-35(2)29-36(3)52-48(43)59)39-11-9-38(10-12-39)33-53-17-19-54(20-18-53)34-45(56)50-16-24-62-26-28-63-27-25-61-23-15-46(57)64-49(5,6)7/h9-12,29-31,41H,8,13-28,32-34H2,1-7H3,(H,50,56)(H,51,58)(H,52,59). The number of carbonyl (C=O) groups excluding carboxylic acids is 3. The lowest BCUT2D eigenvalue weighted by atomic mass is 9.94. The van der Waals surface area contributed by atoms with Crippen molar-refractivity contribution in [2.75, 3.05) is 104 Å². The maximum atomic E-state index is 14.0. The molecule has 15 heteroatoms. The molecule has 5 rings (SSSR count). The molecular formula is C49H72N6O9. The molecule has 2 amide bonds. The molecule has 352 valence electrons. The number of piperazine rings is 1. The van der Waals surface area contributed by atoms with Crippen molar-refractivity contribution in [2.24, 2.45) is 0 Å². The number of H-pyrrole nitrogens is 1. The van der Waals surface area contributed by atoms with Gasteiger partial charge < -0.3 is 44.2 Å². The molecule has 0 saturated carbocycles. The van der Waals surface area contributed by atoms with E-state index in [1.807, 2.05) is 53.7 Å². The first-order valence-corrected chi connectivity index (χ1v) is 22.9. The molecular weight excluding hydrogens is 817 g/mol. The first kappa shape index (κ1) is 50.4. The lowest BCUT2D eigenvalue weighted by Crippen LogP contribution is -2.49. The predicted octanol–water partition coefficient (Wildman–Crippen LogP) is 4.92. The molecule has 2 saturated heterocycles. The molecule has 15 nitrogen and oxygen atoms in total. The second kappa shape index (κ2) is 25.2. The Bertz CT molecular complexity index is 2020. The van der Waals surface area contributed by atoms with Gasteiger partial charge in [-0.05, 0) is 107 Å². The third-order valence-corrected chi connectivity index (χ3v) is 11.5. The van der Waals surface area contributed by atoms with E-state index >= 15 is 0 Å². The van der Waals surface area contributed by atoms with Gasteiger partial charge >= 0.3 is 5.97 Å². The first-order valence-electron chi connectivity index (χ1n) is 22.9. The number of hydrogen-bond acceptors (Lipinski definition) is 12. The SMILES string of the molecule is CCN(c1cc(-c2ccc(CN3CCN(CC(=O)NCCOCCOCCOCCC(=O)OC(C)(C)C)CC3)cc2)cc(C(=O)NCc2c(C)cc(C)[nH]c2=O)c1C)C1CCOCC1. The number of amides is 2. The zero-order valence-electron chi connectivity index (χ0n) is 39.3. The maximum absolute atomic E-state index is 14.0. The Balaban J connectivity index is 1.05. The zero-order valence-corrected chi connectivity index (χ0v) is 39.3. The quantitative estimate of drug-likeness (QED) is 0.0872. The topological polar surface area (TPSA) is 164 Å². The van der Waals surface area contributed by atoms with Gasteiger partial charge in [-0.1, -0.05) is 24.3 Å². The van der Waals surface area contributed by atoms with Crippen molar-refractivity contribution in [1.82, 2.24) is 25.4 Å². The van der Waals surface area contributed by atoms with Gasteiger partial charge in [-0.2, -0.15) is 0 Å². The molecule has 1 aromatic heterocycles. The fraction of sp³-hybridized carbons (Fsp3) is 0.592. The third-order valence-electron chi connectivity index (χ3n) is 11.5. The number of aromatic amines is 1. The van der Waals surface area contributed by atoms with E-state index in [1.54, 1.807) is 0 Å². The average molecular weight is 889 g/mol. The lowest BCUT2D eigenvalue weighted by molar-refractivity contribution is -0.156. The highest BCUT2D eigenvalue weighted by Gasteiger charge is 2.26. The Morgan fingerprint density at radius 2 is 1.47 bits per heavy atom. The number of anilines is 1. The van der Waals surface area contributed by atoms with Gasteiger partial charge in [0.1, 0.15) is 5.60 Å². The highest BCUT2D eigenvalue weighted by Crippen LogP contribution is 2.34. The summed E-state index contributed by atoms with van der Waals surface area (Å²) in [6.07, 6.45) is 2.07. The van der Waals surface area contributed by atoms with Crippen LogP contribution in [-0.2, 0) is 46.4 Å². The number of nitrogens with one attached hydrogen (secondary N) is 3. The van der Waals surface area contributed by atoms with Crippen LogP contribution in [-0.4, -0.2) is 143 Å². The molecule has 2 aromatic carbocycles. The summed E-state index contributed by atoms with van der Waals surface area (Å²) in [5.41, 5.74) is 7.26. The molecule has 2 aliphatic rings. The largest absolute Gasteiger partial charge is 0.460 e. The van der Waals surface area contributed by atoms with Crippen LogP contribution in [0.2, 0.25) is 0 Å². The van der Waals surface area contributed by atoms with Crippen LogP contribution in [0, 0.1) is 20.8 Å². The number of aromatic nitrogens is 1. The van der Waals surface area contributed by atoms with E-state index in [-0.39, 0.29) is 36.3 Å². The minimum absolute atomic E-state index is 0.0150. The smallest absolute Gasteiger partial charge is 0.308 e. The molecule has 0 radical (unpaired) electrons. The number of nitrogens with zero attached hydrogens (tertiary/aromatic N) is 3. The molecule has 0 atom stereocenters. The molecule has 3 N–H and O–H groups in total. The zero-order chi connectivity index (χ0) is 46.1. The Hall–Kier alpha value is -4.64. The Morgan fingerprint density at radius 3 is 2.11 bits per heavy atom. The fourth-order valence-electron chi connectivity index (χ4n) is 8.16. The summed E-state index contributed by atoms with van der Waals surface area (Å²) in [6, 6.07) is 15.0. The molecule has 2 aliphatic heterocycles. The van der Waals surface area contributed by atoms with Crippen molar-refractivity contribution in [3.05, 3.63) is 86.3 Å². The monoisotopic (exact) mass is 889 g/mol. The van der Waals surface area contributed by atoms with Crippen LogP contribution in [0.3, 0.4) is 0 Å². The van der Waals surface area contributed by atoms with Gasteiger partial charge in [-0.25, -0.2) is 0 Å². The van der Waals surface area contributed by atoms with E-state index in [0.29, 0.717) is 69.9 Å². The van der Waals surface area contributed by atoms with Crippen LogP contribution in [0.5, 0.6) is 0 Å². The molecule has 64 heavy (non-hydrogen) atoms. The van der Waals surface area contributed by atoms with Crippen molar-refractivity contribution < 1.29 is 38.1 Å². The van der Waals surface area contributed by atoms with E-state index in [4.69, 9.17) is 23.7 Å². The normalized spacial score (nSPS) is 15.2. The minimum Gasteiger partial charge on any atom is -0.460 e. The van der Waals surface area contributed by atoms with Crippen molar-refractivity contribution in [3.63, 3.8) is 0 Å². The molecule has 0 spiro atoms. The number of hydrogen-bond donors (Lipinski definition) is 3. The van der Waals surface area contributed by atoms with E-state index in [0.717, 1.165) is 99.0 Å². The Labute approximate surface area is 379 Å². The van der Waals surface area contributed by atoms with Crippen LogP contribution >= 0.6 is 0 Å². The van der Waals surface area contributed by atoms with Gasteiger partial charge in [-0.3, -0.25) is 29.0 Å². The van der Waals surface area contributed by atoms with E-state index in [1.165, 1.54) is 5.56 Å². The third kappa shape index (κ3) is 16.1. The van der Waals surface area contributed by atoms with E-state index < -0.39 is 5.60 Å². The fourth-order valence-corrected chi connectivity index (χ4v) is 8.16. The molecule has 0 aliphatic carbocycles. The van der Waals surface area contributed by atoms with Gasteiger partial charge in [0, 0.05) is 94.1 Å². The van der Waals surface area contributed by atoms with Gasteiger partial charge in [0.25, 0.3) is 11.5 Å². The number of pyridine rings is 1. The number of ether oxygens (including phenoxy) is 5. The van der Waals surface area contributed by atoms with E-state index in [9.17, 15) is 19.2 Å². The van der Waals surface area contributed by atoms with Gasteiger partial charge in [-0.15, -0.1) is 0 Å². The molecule has 0 bridgehead atoms. The van der Waals surface area contributed by atoms with E-state index in [2.05, 4.69) is 67.6 Å². The second-order valence-electron chi connectivity index (χ2n) is 17.7. The first-order chi connectivity index (χ1) is 30.7. The number of benzene rings is 2. The Kier molecular flexibility index (Phi) is 19.8. The van der Waals surface area contributed by atoms with Crippen LogP contribution < -0.4 is 21.1 Å². The Morgan fingerprint density at radius 1 is 0.828 bits per heavy atom. The minimum atomic E-state index is -0.496. The summed E-state index contributed by atoms with van der Waals surface area (Å²) in [7, 11) is 0. The summed E-state index contributed by atoms with van der Waals surface area (Å²) in [5, 5.41) is 6.00. The van der Waals surface area contributed by atoms with Gasteiger partial charge in [0.05, 0.1) is 52.6 Å². The van der Waals surface area contributed by atoms with Crippen molar-refractivity contribution in [1.29, 1.82) is 0 Å². The summed E-state index contributed by atoms with van der Waals surface area (Å²) < 4.78 is 27.4. The van der Waals surface area contributed by atoms with Crippen LogP contribution in [0.25, 0.3) is 11.1 Å². The van der Waals surface area contributed by atoms with Crippen molar-refractivity contribution in [2.45, 2.75) is 92.5 Å². The summed E-state index contributed by atoms with van der Waals surface area (Å²) >= 11 is 0. The van der Waals surface area contributed by atoms with Gasteiger partial charge in [0.2, 0.25) is 5.91 Å². The van der Waals surface area contributed by atoms with Crippen molar-refractivity contribution >= 4 is 23.5 Å². The molecule has 2 fully saturated rings. The van der Waals surface area contributed by atoms with Crippen molar-refractivity contribution in [3.8, 4) is 11.1 Å². The number of carbonyl (C=O) groups is 3. The summed E-state index contributed by atoms with van der Waals surface area (Å²) in [6.45, 7) is 23.1. The van der Waals surface area contributed by atoms with Crippen LogP contribution in [0.15, 0.2) is 47.3 Å². The summed E-state index contributed by atoms with van der Waals surface area (Å²) in [4.78, 5) is 60.9. The number of esters is 1. The highest BCUT2D eigenvalue weighted by atomic mass is 16.6. The van der Waals surface area contributed by atoms with Crippen LogP contribution in [0.1, 0.15) is 85.3 Å². The predicted molar refractivity (Wildman–Crippen MR) is 249 cm³/mol. The molecule has 3 heterocycles. The highest BCUT2D eigenvalue weighted by molar-refractivity contribution is 5.99. The lowest BCUT2D eigenvalue weighted by Gasteiger charge is -2.37.